The second kappa shape index (κ2) is 11.0. The summed E-state index contributed by atoms with van der Waals surface area (Å²) < 4.78 is 6.65. The van der Waals surface area contributed by atoms with Crippen molar-refractivity contribution in [1.29, 1.82) is 0 Å². The summed E-state index contributed by atoms with van der Waals surface area (Å²) in [5, 5.41) is 12.3. The Morgan fingerprint density at radius 1 is 1.19 bits per heavy atom. The highest BCUT2D eigenvalue weighted by atomic mass is 35.5. The molecular weight excluding hydrogens is 436 g/mol. The average Bonchev–Trinajstić information content (AvgIpc) is 3.26. The van der Waals surface area contributed by atoms with Gasteiger partial charge in [0.1, 0.15) is 6.33 Å². The number of amides is 1. The number of hydrogen-bond donors (Lipinski definition) is 1. The third-order valence-corrected chi connectivity index (χ3v) is 5.88. The minimum Gasteiger partial charge on any atom is -0.469 e. The molecule has 0 aliphatic carbocycles. The van der Waals surface area contributed by atoms with Crippen LogP contribution in [0.1, 0.15) is 30.5 Å². The third kappa shape index (κ3) is 6.08. The number of methoxy groups -OCH3 is 1. The summed E-state index contributed by atoms with van der Waals surface area (Å²) in [5.74, 6) is -0.519. The Bertz CT molecular complexity index is 1040. The standard InChI is InChI=1S/C22H23ClN4O3S/c1-3-15-6-4-5-7-19(15)27-14-24-26-22(27)31-13-20(28)25-18(12-21(29)30-2)16-8-10-17(23)11-9-16/h4-11,14,18H,3,12-13H2,1-2H3,(H,25,28). The number of aryl methyl sites for hydroxylation is 1. The van der Waals surface area contributed by atoms with Crippen LogP contribution < -0.4 is 5.32 Å². The molecule has 0 aliphatic heterocycles. The van der Waals surface area contributed by atoms with E-state index in [4.69, 9.17) is 16.3 Å². The molecule has 0 bridgehead atoms. The van der Waals surface area contributed by atoms with E-state index in [-0.39, 0.29) is 18.1 Å². The zero-order chi connectivity index (χ0) is 22.2. The smallest absolute Gasteiger partial charge is 0.307 e. The highest BCUT2D eigenvalue weighted by Gasteiger charge is 2.20. The fourth-order valence-corrected chi connectivity index (χ4v) is 3.96. The molecule has 0 spiro atoms. The van der Waals surface area contributed by atoms with Crippen LogP contribution in [0.15, 0.2) is 60.0 Å². The summed E-state index contributed by atoms with van der Waals surface area (Å²) in [6, 6.07) is 14.5. The Morgan fingerprint density at radius 3 is 2.65 bits per heavy atom. The van der Waals surface area contributed by atoms with Crippen molar-refractivity contribution in [2.45, 2.75) is 31.0 Å². The van der Waals surface area contributed by atoms with Crippen molar-refractivity contribution >= 4 is 35.2 Å². The van der Waals surface area contributed by atoms with Crippen molar-refractivity contribution in [3.8, 4) is 5.69 Å². The molecule has 0 fully saturated rings. The van der Waals surface area contributed by atoms with E-state index in [0.29, 0.717) is 10.2 Å². The number of ether oxygens (including phenoxy) is 1. The van der Waals surface area contributed by atoms with Gasteiger partial charge < -0.3 is 10.1 Å². The van der Waals surface area contributed by atoms with Crippen LogP contribution in [0.4, 0.5) is 0 Å². The molecule has 0 saturated heterocycles. The van der Waals surface area contributed by atoms with Crippen LogP contribution in [0, 0.1) is 0 Å². The van der Waals surface area contributed by atoms with Crippen LogP contribution in [-0.2, 0) is 20.7 Å². The highest BCUT2D eigenvalue weighted by Crippen LogP contribution is 2.24. The van der Waals surface area contributed by atoms with Crippen molar-refractivity contribution in [2.75, 3.05) is 12.9 Å². The molecule has 31 heavy (non-hydrogen) atoms. The lowest BCUT2D eigenvalue weighted by Crippen LogP contribution is -2.31. The Kier molecular flexibility index (Phi) is 8.08. The van der Waals surface area contributed by atoms with Crippen LogP contribution in [0.3, 0.4) is 0 Å². The van der Waals surface area contributed by atoms with E-state index in [1.54, 1.807) is 30.6 Å². The number of esters is 1. The van der Waals surface area contributed by atoms with E-state index in [9.17, 15) is 9.59 Å². The lowest BCUT2D eigenvalue weighted by molar-refractivity contribution is -0.141. The van der Waals surface area contributed by atoms with Gasteiger partial charge in [0.2, 0.25) is 5.91 Å². The highest BCUT2D eigenvalue weighted by molar-refractivity contribution is 7.99. The number of nitrogens with one attached hydrogen (secondary N) is 1. The second-order valence-corrected chi connectivity index (χ2v) is 8.09. The van der Waals surface area contributed by atoms with Crippen molar-refractivity contribution in [3.05, 3.63) is 71.0 Å². The van der Waals surface area contributed by atoms with Gasteiger partial charge in [-0.25, -0.2) is 0 Å². The largest absolute Gasteiger partial charge is 0.469 e. The topological polar surface area (TPSA) is 86.1 Å². The maximum Gasteiger partial charge on any atom is 0.307 e. The molecule has 3 rings (SSSR count). The molecule has 3 aromatic rings. The molecule has 1 N–H and O–H groups in total. The Hall–Kier alpha value is -2.84. The van der Waals surface area contributed by atoms with Gasteiger partial charge in [-0.1, -0.05) is 60.6 Å². The summed E-state index contributed by atoms with van der Waals surface area (Å²) in [4.78, 5) is 24.5. The monoisotopic (exact) mass is 458 g/mol. The summed E-state index contributed by atoms with van der Waals surface area (Å²) in [5.41, 5.74) is 2.92. The number of nitrogens with zero attached hydrogens (tertiary/aromatic N) is 3. The molecule has 9 heteroatoms. The summed E-state index contributed by atoms with van der Waals surface area (Å²) in [7, 11) is 1.32. The average molecular weight is 459 g/mol. The van der Waals surface area contributed by atoms with E-state index < -0.39 is 12.0 Å². The first kappa shape index (κ1) is 22.8. The van der Waals surface area contributed by atoms with Crippen LogP contribution in [0.5, 0.6) is 0 Å². The molecule has 162 valence electrons. The van der Waals surface area contributed by atoms with Crippen LogP contribution >= 0.6 is 23.4 Å². The number of hydrogen-bond acceptors (Lipinski definition) is 6. The lowest BCUT2D eigenvalue weighted by Gasteiger charge is -2.18. The molecule has 2 aromatic carbocycles. The maximum absolute atomic E-state index is 12.7. The number of carbonyl (C=O) groups excluding carboxylic acids is 2. The number of para-hydroxylation sites is 1. The Labute approximate surface area is 190 Å². The van der Waals surface area contributed by atoms with Crippen molar-refractivity contribution in [1.82, 2.24) is 20.1 Å². The predicted molar refractivity (Wildman–Crippen MR) is 120 cm³/mol. The Balaban J connectivity index is 1.69. The molecule has 1 aromatic heterocycles. The molecule has 1 atom stereocenters. The molecule has 1 unspecified atom stereocenters. The molecule has 0 radical (unpaired) electrons. The number of benzene rings is 2. The maximum atomic E-state index is 12.7. The van der Waals surface area contributed by atoms with Gasteiger partial charge in [-0.15, -0.1) is 10.2 Å². The van der Waals surface area contributed by atoms with Crippen LogP contribution in [0.2, 0.25) is 5.02 Å². The van der Waals surface area contributed by atoms with E-state index in [2.05, 4.69) is 28.5 Å². The number of thioether (sulfide) groups is 1. The molecule has 0 aliphatic rings. The van der Waals surface area contributed by atoms with Gasteiger partial charge in [-0.2, -0.15) is 0 Å². The second-order valence-electron chi connectivity index (χ2n) is 6.71. The van der Waals surface area contributed by atoms with Gasteiger partial charge in [-0.05, 0) is 35.7 Å². The summed E-state index contributed by atoms with van der Waals surface area (Å²) >= 11 is 7.23. The normalized spacial score (nSPS) is 11.7. The van der Waals surface area contributed by atoms with Crippen molar-refractivity contribution in [2.24, 2.45) is 0 Å². The van der Waals surface area contributed by atoms with Gasteiger partial charge in [0.15, 0.2) is 5.16 Å². The molecule has 0 saturated carbocycles. The fourth-order valence-electron chi connectivity index (χ4n) is 3.10. The van der Waals surface area contributed by atoms with Gasteiger partial charge in [-0.3, -0.25) is 14.2 Å². The predicted octanol–water partition coefficient (Wildman–Crippen LogP) is 4.00. The fraction of sp³-hybridized carbons (Fsp3) is 0.273. The number of carbonyl (C=O) groups is 2. The van der Waals surface area contributed by atoms with Crippen molar-refractivity contribution in [3.63, 3.8) is 0 Å². The van der Waals surface area contributed by atoms with Crippen LogP contribution in [0.25, 0.3) is 5.69 Å². The first-order chi connectivity index (χ1) is 15.0. The van der Waals surface area contributed by atoms with Crippen LogP contribution in [-0.4, -0.2) is 39.5 Å². The first-order valence-corrected chi connectivity index (χ1v) is 11.1. The van der Waals surface area contributed by atoms with Crippen molar-refractivity contribution < 1.29 is 14.3 Å². The van der Waals surface area contributed by atoms with Gasteiger partial charge in [0, 0.05) is 5.02 Å². The number of rotatable bonds is 9. The zero-order valence-corrected chi connectivity index (χ0v) is 18.8. The lowest BCUT2D eigenvalue weighted by atomic mass is 10.0. The minimum atomic E-state index is -0.517. The quantitative estimate of drug-likeness (QED) is 0.385. The third-order valence-electron chi connectivity index (χ3n) is 4.69. The van der Waals surface area contributed by atoms with Gasteiger partial charge >= 0.3 is 5.97 Å². The Morgan fingerprint density at radius 2 is 1.94 bits per heavy atom. The first-order valence-electron chi connectivity index (χ1n) is 9.74. The number of aromatic nitrogens is 3. The van der Waals surface area contributed by atoms with E-state index >= 15 is 0 Å². The number of halogens is 1. The van der Waals surface area contributed by atoms with E-state index in [1.807, 2.05) is 22.8 Å². The summed E-state index contributed by atoms with van der Waals surface area (Å²) in [6.45, 7) is 2.08. The minimum absolute atomic E-state index is 0.0224. The molecule has 7 nitrogen and oxygen atoms in total. The van der Waals surface area contributed by atoms with Gasteiger partial charge in [0.25, 0.3) is 0 Å². The SMILES string of the molecule is CCc1ccccc1-n1cnnc1SCC(=O)NC(CC(=O)OC)c1ccc(Cl)cc1. The van der Waals surface area contributed by atoms with E-state index in [1.165, 1.54) is 18.9 Å². The molecule has 1 amide bonds. The zero-order valence-electron chi connectivity index (χ0n) is 17.2. The van der Waals surface area contributed by atoms with Gasteiger partial charge in [0.05, 0.1) is 31.0 Å². The molecule has 1 heterocycles. The van der Waals surface area contributed by atoms with E-state index in [0.717, 1.165) is 23.2 Å². The summed E-state index contributed by atoms with van der Waals surface area (Å²) in [6.07, 6.45) is 2.53. The molecular formula is C22H23ClN4O3S.